The van der Waals surface area contributed by atoms with Crippen molar-refractivity contribution in [2.45, 2.75) is 13.5 Å². The maximum Gasteiger partial charge on any atom is 0.275 e. The fraction of sp³-hybridized carbons (Fsp3) is 0.286. The van der Waals surface area contributed by atoms with Gasteiger partial charge in [0.05, 0.1) is 16.0 Å². The van der Waals surface area contributed by atoms with Gasteiger partial charge in [-0.2, -0.15) is 5.10 Å². The topological polar surface area (TPSA) is 102 Å². The van der Waals surface area contributed by atoms with E-state index in [0.717, 1.165) is 11.1 Å². The molecule has 30 heavy (non-hydrogen) atoms. The molecule has 1 saturated heterocycles. The molecule has 1 amide bonds. The third kappa shape index (κ3) is 3.73. The molecular weight excluding hydrogens is 386 g/mol. The molecule has 3 aromatic rings. The van der Waals surface area contributed by atoms with Crippen LogP contribution < -0.4 is 10.5 Å². The molecule has 4 rings (SSSR count). The van der Waals surface area contributed by atoms with Crippen molar-refractivity contribution in [3.05, 3.63) is 74.7 Å². The number of nitro benzene ring substituents is 1. The van der Waals surface area contributed by atoms with Crippen molar-refractivity contribution in [3.63, 3.8) is 0 Å². The van der Waals surface area contributed by atoms with Gasteiger partial charge in [0.25, 0.3) is 11.2 Å². The normalized spacial score (nSPS) is 14.2. The minimum Gasteiger partial charge on any atom is -0.368 e. The highest BCUT2D eigenvalue weighted by molar-refractivity contribution is 5.83. The molecule has 0 saturated carbocycles. The molecule has 0 atom stereocenters. The summed E-state index contributed by atoms with van der Waals surface area (Å²) in [6, 6.07) is 13.7. The summed E-state index contributed by atoms with van der Waals surface area (Å²) in [5, 5.41) is 16.6. The Kier molecular flexibility index (Phi) is 5.18. The lowest BCUT2D eigenvalue weighted by atomic mass is 10.1. The standard InChI is InChI=1S/C21H21N5O4/c1-15-18-7-2-3-8-19(18)21(28)25(22-15)14-20(27)24-11-9-23(10-12-24)16-5-4-6-17(13-16)26(29)30/h2-8,13H,9-12,14H2,1H3. The third-order valence-corrected chi connectivity index (χ3v) is 5.38. The number of fused-ring (bicyclic) bond motifs is 1. The summed E-state index contributed by atoms with van der Waals surface area (Å²) in [5.74, 6) is -0.169. The van der Waals surface area contributed by atoms with Gasteiger partial charge in [-0.1, -0.05) is 24.3 Å². The third-order valence-electron chi connectivity index (χ3n) is 5.38. The van der Waals surface area contributed by atoms with Crippen molar-refractivity contribution in [2.24, 2.45) is 0 Å². The summed E-state index contributed by atoms with van der Waals surface area (Å²) >= 11 is 0. The number of aromatic nitrogens is 2. The maximum atomic E-state index is 12.8. The summed E-state index contributed by atoms with van der Waals surface area (Å²) < 4.78 is 1.23. The first-order valence-corrected chi connectivity index (χ1v) is 9.67. The van der Waals surface area contributed by atoms with Gasteiger partial charge in [-0.05, 0) is 19.1 Å². The first kappa shape index (κ1) is 19.6. The van der Waals surface area contributed by atoms with E-state index in [1.54, 1.807) is 29.2 Å². The zero-order valence-electron chi connectivity index (χ0n) is 16.5. The lowest BCUT2D eigenvalue weighted by molar-refractivity contribution is -0.384. The summed E-state index contributed by atoms with van der Waals surface area (Å²) in [4.78, 5) is 39.7. The zero-order valence-corrected chi connectivity index (χ0v) is 16.5. The Morgan fingerprint density at radius 2 is 1.77 bits per heavy atom. The molecule has 1 aromatic heterocycles. The van der Waals surface area contributed by atoms with Crippen LogP contribution in [-0.4, -0.2) is 51.7 Å². The number of anilines is 1. The second-order valence-electron chi connectivity index (χ2n) is 7.24. The first-order valence-electron chi connectivity index (χ1n) is 9.67. The van der Waals surface area contributed by atoms with Crippen LogP contribution in [0.2, 0.25) is 0 Å². The van der Waals surface area contributed by atoms with Crippen molar-refractivity contribution in [1.82, 2.24) is 14.7 Å². The molecule has 0 bridgehead atoms. The molecule has 0 unspecified atom stereocenters. The molecule has 9 heteroatoms. The van der Waals surface area contributed by atoms with Crippen molar-refractivity contribution < 1.29 is 9.72 Å². The molecule has 0 spiro atoms. The van der Waals surface area contributed by atoms with E-state index in [2.05, 4.69) is 5.10 Å². The van der Waals surface area contributed by atoms with Crippen molar-refractivity contribution in [1.29, 1.82) is 0 Å². The quantitative estimate of drug-likeness (QED) is 0.484. The monoisotopic (exact) mass is 407 g/mol. The molecule has 0 radical (unpaired) electrons. The van der Waals surface area contributed by atoms with Crippen LogP contribution in [0.15, 0.2) is 53.3 Å². The maximum absolute atomic E-state index is 12.8. The lowest BCUT2D eigenvalue weighted by Gasteiger charge is -2.36. The summed E-state index contributed by atoms with van der Waals surface area (Å²) in [6.07, 6.45) is 0. The highest BCUT2D eigenvalue weighted by Gasteiger charge is 2.23. The molecule has 1 aliphatic rings. The highest BCUT2D eigenvalue weighted by atomic mass is 16.6. The van der Waals surface area contributed by atoms with E-state index in [1.165, 1.54) is 10.7 Å². The number of hydrogen-bond donors (Lipinski definition) is 0. The average Bonchev–Trinajstić information content (AvgIpc) is 2.77. The molecule has 1 fully saturated rings. The lowest BCUT2D eigenvalue weighted by Crippen LogP contribution is -2.50. The largest absolute Gasteiger partial charge is 0.368 e. The van der Waals surface area contributed by atoms with E-state index >= 15 is 0 Å². The summed E-state index contributed by atoms with van der Waals surface area (Å²) in [7, 11) is 0. The predicted octanol–water partition coefficient (Wildman–Crippen LogP) is 1.96. The smallest absolute Gasteiger partial charge is 0.275 e. The van der Waals surface area contributed by atoms with Crippen LogP contribution in [0, 0.1) is 17.0 Å². The van der Waals surface area contributed by atoms with E-state index in [1.807, 2.05) is 30.0 Å². The Balaban J connectivity index is 1.45. The molecule has 2 aromatic carbocycles. The number of rotatable bonds is 4. The van der Waals surface area contributed by atoms with Gasteiger partial charge >= 0.3 is 0 Å². The Morgan fingerprint density at radius 1 is 1.07 bits per heavy atom. The molecule has 0 aliphatic carbocycles. The number of piperazine rings is 1. The molecular formula is C21H21N5O4. The van der Waals surface area contributed by atoms with Crippen molar-refractivity contribution >= 4 is 28.1 Å². The number of carbonyl (C=O) groups excluding carboxylic acids is 1. The van der Waals surface area contributed by atoms with Crippen LogP contribution in [0.3, 0.4) is 0 Å². The number of benzene rings is 2. The van der Waals surface area contributed by atoms with Gasteiger partial charge in [-0.15, -0.1) is 0 Å². The highest BCUT2D eigenvalue weighted by Crippen LogP contribution is 2.22. The molecule has 0 N–H and O–H groups in total. The van der Waals surface area contributed by atoms with Gasteiger partial charge in [0, 0.05) is 49.4 Å². The molecule has 1 aliphatic heterocycles. The van der Waals surface area contributed by atoms with E-state index in [4.69, 9.17) is 0 Å². The Hall–Kier alpha value is -3.75. The molecule has 2 heterocycles. The number of carbonyl (C=O) groups is 1. The number of amides is 1. The zero-order chi connectivity index (χ0) is 21.3. The predicted molar refractivity (Wildman–Crippen MR) is 113 cm³/mol. The van der Waals surface area contributed by atoms with E-state index < -0.39 is 4.92 Å². The van der Waals surface area contributed by atoms with Crippen LogP contribution in [0.1, 0.15) is 5.69 Å². The molecule has 9 nitrogen and oxygen atoms in total. The van der Waals surface area contributed by atoms with Crippen LogP contribution in [-0.2, 0) is 11.3 Å². The Labute approximate surface area is 172 Å². The van der Waals surface area contributed by atoms with E-state index in [0.29, 0.717) is 37.3 Å². The summed E-state index contributed by atoms with van der Waals surface area (Å²) in [6.45, 7) is 3.78. The van der Waals surface area contributed by atoms with Crippen LogP contribution in [0.25, 0.3) is 10.8 Å². The SMILES string of the molecule is Cc1nn(CC(=O)N2CCN(c3cccc([N+](=O)[O-])c3)CC2)c(=O)c2ccccc12. The second kappa shape index (κ2) is 7.94. The van der Waals surface area contributed by atoms with E-state index in [9.17, 15) is 19.7 Å². The molecule has 154 valence electrons. The fourth-order valence-electron chi connectivity index (χ4n) is 3.76. The Morgan fingerprint density at radius 3 is 2.47 bits per heavy atom. The minimum absolute atomic E-state index is 0.0446. The van der Waals surface area contributed by atoms with Crippen molar-refractivity contribution in [2.75, 3.05) is 31.1 Å². The number of hydrogen-bond acceptors (Lipinski definition) is 6. The van der Waals surface area contributed by atoms with Gasteiger partial charge in [0.1, 0.15) is 6.54 Å². The van der Waals surface area contributed by atoms with Gasteiger partial charge in [0.2, 0.25) is 5.91 Å². The number of nitro groups is 1. The van der Waals surface area contributed by atoms with Gasteiger partial charge < -0.3 is 9.80 Å². The van der Waals surface area contributed by atoms with Crippen LogP contribution in [0.5, 0.6) is 0 Å². The number of nitrogens with zero attached hydrogens (tertiary/aromatic N) is 5. The van der Waals surface area contributed by atoms with Crippen LogP contribution in [0.4, 0.5) is 11.4 Å². The second-order valence-corrected chi connectivity index (χ2v) is 7.24. The van der Waals surface area contributed by atoms with Crippen molar-refractivity contribution in [3.8, 4) is 0 Å². The Bertz CT molecular complexity index is 1180. The van der Waals surface area contributed by atoms with E-state index in [-0.39, 0.29) is 23.7 Å². The first-order chi connectivity index (χ1) is 14.4. The minimum atomic E-state index is -0.417. The number of aryl methyl sites for hydroxylation is 1. The fourth-order valence-corrected chi connectivity index (χ4v) is 3.76. The van der Waals surface area contributed by atoms with Gasteiger partial charge in [-0.25, -0.2) is 4.68 Å². The van der Waals surface area contributed by atoms with Crippen LogP contribution >= 0.6 is 0 Å². The van der Waals surface area contributed by atoms with Gasteiger partial charge in [-0.3, -0.25) is 19.7 Å². The average molecular weight is 407 g/mol. The number of non-ortho nitro benzene ring substituents is 1. The summed E-state index contributed by atoms with van der Waals surface area (Å²) in [5.41, 5.74) is 1.23. The van der Waals surface area contributed by atoms with Gasteiger partial charge in [0.15, 0.2) is 0 Å².